The van der Waals surface area contributed by atoms with Gasteiger partial charge in [0.1, 0.15) is 5.01 Å². The lowest BCUT2D eigenvalue weighted by atomic mass is 9.94. The fourth-order valence-electron chi connectivity index (χ4n) is 3.41. The Morgan fingerprint density at radius 2 is 1.93 bits per heavy atom. The molecule has 0 spiro atoms. The molecule has 0 radical (unpaired) electrons. The summed E-state index contributed by atoms with van der Waals surface area (Å²) >= 11 is 1.25. The van der Waals surface area contributed by atoms with Crippen molar-refractivity contribution in [2.24, 2.45) is 17.8 Å². The SMILES string of the molecule is COC(=O)c1csc([C@@H](C[C@H](C(C)C)N(C)C(=O)[C@@H](C)C2CC2)OC(C)=O)n1. The van der Waals surface area contributed by atoms with Gasteiger partial charge in [0.25, 0.3) is 0 Å². The maximum absolute atomic E-state index is 12.9. The van der Waals surface area contributed by atoms with Gasteiger partial charge in [0.15, 0.2) is 11.8 Å². The number of ether oxygens (including phenoxy) is 2. The van der Waals surface area contributed by atoms with Crippen molar-refractivity contribution in [1.29, 1.82) is 0 Å². The molecule has 0 N–H and O–H groups in total. The van der Waals surface area contributed by atoms with Crippen LogP contribution in [-0.4, -0.2) is 47.9 Å². The van der Waals surface area contributed by atoms with Gasteiger partial charge in [-0.3, -0.25) is 9.59 Å². The van der Waals surface area contributed by atoms with Crippen molar-refractivity contribution in [1.82, 2.24) is 9.88 Å². The monoisotopic (exact) mass is 410 g/mol. The van der Waals surface area contributed by atoms with Crippen molar-refractivity contribution in [3.63, 3.8) is 0 Å². The Labute approximate surface area is 170 Å². The summed E-state index contributed by atoms with van der Waals surface area (Å²) in [5.74, 6) is -0.189. The Morgan fingerprint density at radius 1 is 1.29 bits per heavy atom. The van der Waals surface area contributed by atoms with Crippen LogP contribution >= 0.6 is 11.3 Å². The van der Waals surface area contributed by atoms with Gasteiger partial charge in [-0.25, -0.2) is 9.78 Å². The molecule has 1 aliphatic carbocycles. The highest BCUT2D eigenvalue weighted by molar-refractivity contribution is 7.09. The van der Waals surface area contributed by atoms with Gasteiger partial charge >= 0.3 is 11.9 Å². The molecule has 1 amide bonds. The van der Waals surface area contributed by atoms with Crippen molar-refractivity contribution >= 4 is 29.2 Å². The molecular weight excluding hydrogens is 380 g/mol. The molecule has 0 unspecified atom stereocenters. The van der Waals surface area contributed by atoms with E-state index in [4.69, 9.17) is 9.47 Å². The van der Waals surface area contributed by atoms with Crippen molar-refractivity contribution in [3.8, 4) is 0 Å². The molecule has 1 saturated carbocycles. The summed E-state index contributed by atoms with van der Waals surface area (Å²) in [6.45, 7) is 7.42. The second-order valence-corrected chi connectivity index (χ2v) is 8.67. The van der Waals surface area contributed by atoms with Gasteiger partial charge in [0, 0.05) is 37.7 Å². The third kappa shape index (κ3) is 5.53. The van der Waals surface area contributed by atoms with E-state index in [1.54, 1.807) is 10.3 Å². The lowest BCUT2D eigenvalue weighted by Crippen LogP contribution is -2.44. The van der Waals surface area contributed by atoms with Crippen LogP contribution in [-0.2, 0) is 19.1 Å². The van der Waals surface area contributed by atoms with E-state index in [-0.39, 0.29) is 29.5 Å². The van der Waals surface area contributed by atoms with Gasteiger partial charge in [-0.05, 0) is 24.7 Å². The Kier molecular flexibility index (Phi) is 7.57. The van der Waals surface area contributed by atoms with E-state index >= 15 is 0 Å². The molecule has 1 fully saturated rings. The average molecular weight is 411 g/mol. The summed E-state index contributed by atoms with van der Waals surface area (Å²) < 4.78 is 10.2. The van der Waals surface area contributed by atoms with Crippen LogP contribution in [0.3, 0.4) is 0 Å². The molecule has 3 atom stereocenters. The van der Waals surface area contributed by atoms with E-state index in [0.29, 0.717) is 17.3 Å². The topological polar surface area (TPSA) is 85.8 Å². The molecular formula is C20H30N2O5S. The first-order valence-electron chi connectivity index (χ1n) is 9.63. The summed E-state index contributed by atoms with van der Waals surface area (Å²) in [5.41, 5.74) is 0.188. The number of aromatic nitrogens is 1. The number of carbonyl (C=O) groups excluding carboxylic acids is 3. The molecule has 28 heavy (non-hydrogen) atoms. The summed E-state index contributed by atoms with van der Waals surface area (Å²) in [7, 11) is 3.11. The molecule has 8 heteroatoms. The first-order chi connectivity index (χ1) is 13.1. The number of hydrogen-bond donors (Lipinski definition) is 0. The van der Waals surface area contributed by atoms with Crippen molar-refractivity contribution in [2.75, 3.05) is 14.2 Å². The lowest BCUT2D eigenvalue weighted by Gasteiger charge is -2.35. The van der Waals surface area contributed by atoms with Gasteiger partial charge in [-0.1, -0.05) is 20.8 Å². The van der Waals surface area contributed by atoms with E-state index in [2.05, 4.69) is 4.98 Å². The third-order valence-electron chi connectivity index (χ3n) is 5.29. The predicted octanol–water partition coefficient (Wildman–Crippen LogP) is 3.45. The van der Waals surface area contributed by atoms with Crippen molar-refractivity contribution in [2.45, 2.75) is 59.1 Å². The zero-order valence-corrected chi connectivity index (χ0v) is 18.2. The second kappa shape index (κ2) is 9.49. The van der Waals surface area contributed by atoms with Crippen LogP contribution in [0.4, 0.5) is 0 Å². The van der Waals surface area contributed by atoms with Gasteiger partial charge < -0.3 is 14.4 Å². The van der Waals surface area contributed by atoms with Crippen LogP contribution in [0.15, 0.2) is 5.38 Å². The molecule has 0 saturated heterocycles. The molecule has 156 valence electrons. The average Bonchev–Trinajstić information content (AvgIpc) is 3.38. The summed E-state index contributed by atoms with van der Waals surface area (Å²) in [6, 6.07) is -0.122. The molecule has 0 aliphatic heterocycles. The Bertz CT molecular complexity index is 713. The van der Waals surface area contributed by atoms with Crippen LogP contribution in [0.2, 0.25) is 0 Å². The summed E-state index contributed by atoms with van der Waals surface area (Å²) in [4.78, 5) is 42.3. The number of amides is 1. The van der Waals surface area contributed by atoms with Crippen LogP contribution in [0.5, 0.6) is 0 Å². The predicted molar refractivity (Wildman–Crippen MR) is 106 cm³/mol. The standard InChI is InChI=1S/C20H30N2O5S/c1-11(2)16(22(5)19(24)12(3)14-7-8-14)9-17(27-13(4)23)18-21-15(10-28-18)20(25)26-6/h10-12,14,16-17H,7-9H2,1-6H3/t12-,16+,17+/m0/s1. The highest BCUT2D eigenvalue weighted by atomic mass is 32.1. The Morgan fingerprint density at radius 3 is 2.43 bits per heavy atom. The third-order valence-corrected chi connectivity index (χ3v) is 6.23. The molecule has 7 nitrogen and oxygen atoms in total. The Balaban J connectivity index is 2.21. The second-order valence-electron chi connectivity index (χ2n) is 7.78. The lowest BCUT2D eigenvalue weighted by molar-refractivity contribution is -0.148. The number of carbonyl (C=O) groups is 3. The van der Waals surface area contributed by atoms with Gasteiger partial charge in [-0.2, -0.15) is 0 Å². The summed E-state index contributed by atoms with van der Waals surface area (Å²) in [5, 5.41) is 2.11. The highest BCUT2D eigenvalue weighted by Crippen LogP contribution is 2.38. The number of rotatable bonds is 9. The molecule has 0 bridgehead atoms. The fraction of sp³-hybridized carbons (Fsp3) is 0.700. The van der Waals surface area contributed by atoms with Crippen LogP contribution in [0.25, 0.3) is 0 Å². The van der Waals surface area contributed by atoms with Crippen LogP contribution in [0, 0.1) is 17.8 Å². The van der Waals surface area contributed by atoms with Crippen molar-refractivity contribution < 1.29 is 23.9 Å². The number of hydrogen-bond acceptors (Lipinski definition) is 7. The molecule has 1 aliphatic rings. The van der Waals surface area contributed by atoms with E-state index in [0.717, 1.165) is 12.8 Å². The Hall–Kier alpha value is -1.96. The zero-order valence-electron chi connectivity index (χ0n) is 17.4. The first-order valence-corrected chi connectivity index (χ1v) is 10.5. The van der Waals surface area contributed by atoms with E-state index in [9.17, 15) is 14.4 Å². The fourth-order valence-corrected chi connectivity index (χ4v) is 4.24. The zero-order chi connectivity index (χ0) is 21.0. The normalized spacial score (nSPS) is 17.0. The first kappa shape index (κ1) is 22.3. The number of nitrogens with zero attached hydrogens (tertiary/aromatic N) is 2. The smallest absolute Gasteiger partial charge is 0.357 e. The van der Waals surface area contributed by atoms with Crippen LogP contribution < -0.4 is 0 Å². The number of methoxy groups -OCH3 is 1. The molecule has 1 heterocycles. The maximum atomic E-state index is 12.9. The van der Waals surface area contributed by atoms with Gasteiger partial charge in [0.2, 0.25) is 5.91 Å². The highest BCUT2D eigenvalue weighted by Gasteiger charge is 2.37. The number of esters is 2. The van der Waals surface area contributed by atoms with Gasteiger partial charge in [0.05, 0.1) is 7.11 Å². The molecule has 1 aromatic heterocycles. The quantitative estimate of drug-likeness (QED) is 0.580. The molecule has 0 aromatic carbocycles. The maximum Gasteiger partial charge on any atom is 0.357 e. The largest absolute Gasteiger partial charge is 0.464 e. The minimum Gasteiger partial charge on any atom is -0.464 e. The molecule has 2 rings (SSSR count). The minimum atomic E-state index is -0.625. The van der Waals surface area contributed by atoms with Crippen molar-refractivity contribution in [3.05, 3.63) is 16.1 Å². The van der Waals surface area contributed by atoms with Gasteiger partial charge in [-0.15, -0.1) is 11.3 Å². The van der Waals surface area contributed by atoms with Crippen LogP contribution in [0.1, 0.15) is 68.6 Å². The summed E-state index contributed by atoms with van der Waals surface area (Å²) in [6.07, 6.45) is 2.02. The van der Waals surface area contributed by atoms with E-state index in [1.807, 2.05) is 27.8 Å². The van der Waals surface area contributed by atoms with E-state index in [1.165, 1.54) is 25.4 Å². The van der Waals surface area contributed by atoms with E-state index < -0.39 is 18.0 Å². The number of thiazole rings is 1. The minimum absolute atomic E-state index is 0.00390. The molecule has 1 aromatic rings.